The number of carbonyl (C=O) groups is 1. The third-order valence-corrected chi connectivity index (χ3v) is 3.47. The van der Waals surface area contributed by atoms with Crippen molar-refractivity contribution in [3.05, 3.63) is 57.2 Å². The molecule has 0 bridgehead atoms. The number of benzene rings is 2. The van der Waals surface area contributed by atoms with Crippen LogP contribution in [0.2, 0.25) is 0 Å². The van der Waals surface area contributed by atoms with Gasteiger partial charge in [-0.15, -0.1) is 0 Å². The summed E-state index contributed by atoms with van der Waals surface area (Å²) >= 11 is 2.22. The molecule has 0 unspecified atom stereocenters. The van der Waals surface area contributed by atoms with Crippen LogP contribution in [0, 0.1) is 10.5 Å². The first-order chi connectivity index (χ1) is 9.11. The maximum absolute atomic E-state index is 12.3. The second kappa shape index (κ2) is 6.06. The molecule has 0 atom stereocenters. The third-order valence-electron chi connectivity index (χ3n) is 2.80. The molecule has 2 aromatic carbocycles. The SMILES string of the molecule is COc1ccccc1C(=O)Nc1cc(I)ccc1C. The molecule has 1 amide bonds. The van der Waals surface area contributed by atoms with Crippen LogP contribution in [0.1, 0.15) is 15.9 Å². The first-order valence-corrected chi connectivity index (χ1v) is 6.90. The Morgan fingerprint density at radius 2 is 1.95 bits per heavy atom. The zero-order chi connectivity index (χ0) is 13.8. The fraction of sp³-hybridized carbons (Fsp3) is 0.133. The predicted molar refractivity (Wildman–Crippen MR) is 84.8 cm³/mol. The van der Waals surface area contributed by atoms with E-state index in [0.29, 0.717) is 11.3 Å². The summed E-state index contributed by atoms with van der Waals surface area (Å²) in [7, 11) is 1.56. The van der Waals surface area contributed by atoms with Gasteiger partial charge in [-0.1, -0.05) is 18.2 Å². The Morgan fingerprint density at radius 3 is 2.68 bits per heavy atom. The van der Waals surface area contributed by atoms with Crippen molar-refractivity contribution >= 4 is 34.2 Å². The number of hydrogen-bond acceptors (Lipinski definition) is 2. The Bertz CT molecular complexity index is 611. The smallest absolute Gasteiger partial charge is 0.259 e. The standard InChI is InChI=1S/C15H14INO2/c1-10-7-8-11(16)9-13(10)17-15(18)12-5-3-4-6-14(12)19-2/h3-9H,1-2H3,(H,17,18). The van der Waals surface area contributed by atoms with Crippen LogP contribution < -0.4 is 10.1 Å². The predicted octanol–water partition coefficient (Wildman–Crippen LogP) is 3.86. The molecule has 0 aliphatic carbocycles. The van der Waals surface area contributed by atoms with Gasteiger partial charge in [0.15, 0.2) is 0 Å². The molecule has 0 aliphatic heterocycles. The van der Waals surface area contributed by atoms with Gasteiger partial charge in [-0.05, 0) is 59.3 Å². The number of para-hydroxylation sites is 1. The van der Waals surface area contributed by atoms with Crippen LogP contribution in [0.5, 0.6) is 5.75 Å². The van der Waals surface area contributed by atoms with E-state index in [0.717, 1.165) is 14.8 Å². The molecule has 98 valence electrons. The van der Waals surface area contributed by atoms with Gasteiger partial charge < -0.3 is 10.1 Å². The first-order valence-electron chi connectivity index (χ1n) is 5.82. The molecule has 2 rings (SSSR count). The maximum Gasteiger partial charge on any atom is 0.259 e. The normalized spacial score (nSPS) is 10.1. The van der Waals surface area contributed by atoms with E-state index in [1.54, 1.807) is 19.2 Å². The Kier molecular flexibility index (Phi) is 4.42. The van der Waals surface area contributed by atoms with Crippen LogP contribution in [0.25, 0.3) is 0 Å². The Labute approximate surface area is 126 Å². The molecule has 0 heterocycles. The van der Waals surface area contributed by atoms with Gasteiger partial charge in [0.1, 0.15) is 5.75 Å². The molecule has 2 aromatic rings. The van der Waals surface area contributed by atoms with Crippen LogP contribution >= 0.6 is 22.6 Å². The van der Waals surface area contributed by atoms with Gasteiger partial charge >= 0.3 is 0 Å². The van der Waals surface area contributed by atoms with Crippen molar-refractivity contribution in [1.29, 1.82) is 0 Å². The van der Waals surface area contributed by atoms with Crippen molar-refractivity contribution in [3.8, 4) is 5.75 Å². The molecule has 4 heteroatoms. The number of nitrogens with one attached hydrogen (secondary N) is 1. The van der Waals surface area contributed by atoms with Gasteiger partial charge in [0, 0.05) is 9.26 Å². The topological polar surface area (TPSA) is 38.3 Å². The van der Waals surface area contributed by atoms with E-state index < -0.39 is 0 Å². The molecule has 0 aromatic heterocycles. The van der Waals surface area contributed by atoms with Gasteiger partial charge in [0.25, 0.3) is 5.91 Å². The number of ether oxygens (including phenoxy) is 1. The lowest BCUT2D eigenvalue weighted by Crippen LogP contribution is -2.14. The van der Waals surface area contributed by atoms with E-state index in [2.05, 4.69) is 27.9 Å². The monoisotopic (exact) mass is 367 g/mol. The molecule has 0 aliphatic rings. The second-order valence-electron chi connectivity index (χ2n) is 4.11. The number of rotatable bonds is 3. The van der Waals surface area contributed by atoms with Crippen LogP contribution in [0.3, 0.4) is 0 Å². The van der Waals surface area contributed by atoms with Gasteiger partial charge in [-0.25, -0.2) is 0 Å². The van der Waals surface area contributed by atoms with E-state index in [4.69, 9.17) is 4.74 Å². The number of amides is 1. The Hall–Kier alpha value is -1.56. The Balaban J connectivity index is 2.28. The lowest BCUT2D eigenvalue weighted by molar-refractivity contribution is 0.102. The number of halogens is 1. The number of methoxy groups -OCH3 is 1. The molecule has 19 heavy (non-hydrogen) atoms. The highest BCUT2D eigenvalue weighted by Crippen LogP contribution is 2.22. The van der Waals surface area contributed by atoms with Gasteiger partial charge in [0.2, 0.25) is 0 Å². The van der Waals surface area contributed by atoms with Crippen molar-refractivity contribution in [2.24, 2.45) is 0 Å². The molecule has 3 nitrogen and oxygen atoms in total. The minimum absolute atomic E-state index is 0.164. The number of hydrogen-bond donors (Lipinski definition) is 1. The van der Waals surface area contributed by atoms with Crippen molar-refractivity contribution < 1.29 is 9.53 Å². The van der Waals surface area contributed by atoms with Gasteiger partial charge in [-0.2, -0.15) is 0 Å². The quantitative estimate of drug-likeness (QED) is 0.837. The molecular formula is C15H14INO2. The summed E-state index contributed by atoms with van der Waals surface area (Å²) in [6, 6.07) is 13.1. The van der Waals surface area contributed by atoms with E-state index in [1.807, 2.05) is 37.3 Å². The number of anilines is 1. The molecule has 0 radical (unpaired) electrons. The van der Waals surface area contributed by atoms with Gasteiger partial charge in [0.05, 0.1) is 12.7 Å². The fourth-order valence-corrected chi connectivity index (χ4v) is 2.24. The lowest BCUT2D eigenvalue weighted by Gasteiger charge is -2.11. The average Bonchev–Trinajstić information content (AvgIpc) is 2.42. The molecule has 1 N–H and O–H groups in total. The molecule has 0 saturated heterocycles. The number of aryl methyl sites for hydroxylation is 1. The summed E-state index contributed by atoms with van der Waals surface area (Å²) in [5.41, 5.74) is 2.38. The zero-order valence-electron chi connectivity index (χ0n) is 10.7. The minimum atomic E-state index is -0.164. The lowest BCUT2D eigenvalue weighted by atomic mass is 10.1. The zero-order valence-corrected chi connectivity index (χ0v) is 12.9. The summed E-state index contributed by atoms with van der Waals surface area (Å²) in [6.45, 7) is 1.97. The largest absolute Gasteiger partial charge is 0.496 e. The minimum Gasteiger partial charge on any atom is -0.496 e. The van der Waals surface area contributed by atoms with Crippen LogP contribution in [-0.2, 0) is 0 Å². The number of carbonyl (C=O) groups excluding carboxylic acids is 1. The summed E-state index contributed by atoms with van der Waals surface area (Å²) in [5, 5.41) is 2.92. The highest BCUT2D eigenvalue weighted by Gasteiger charge is 2.12. The maximum atomic E-state index is 12.3. The van der Waals surface area contributed by atoms with E-state index >= 15 is 0 Å². The summed E-state index contributed by atoms with van der Waals surface area (Å²) in [6.07, 6.45) is 0. The molecule has 0 fully saturated rings. The summed E-state index contributed by atoms with van der Waals surface area (Å²) < 4.78 is 6.28. The van der Waals surface area contributed by atoms with Crippen molar-refractivity contribution in [1.82, 2.24) is 0 Å². The van der Waals surface area contributed by atoms with Gasteiger partial charge in [-0.3, -0.25) is 4.79 Å². The third kappa shape index (κ3) is 3.26. The molecule has 0 spiro atoms. The van der Waals surface area contributed by atoms with E-state index in [9.17, 15) is 4.79 Å². The van der Waals surface area contributed by atoms with E-state index in [-0.39, 0.29) is 5.91 Å². The highest BCUT2D eigenvalue weighted by atomic mass is 127. The summed E-state index contributed by atoms with van der Waals surface area (Å²) in [4.78, 5) is 12.3. The second-order valence-corrected chi connectivity index (χ2v) is 5.36. The molecule has 0 saturated carbocycles. The van der Waals surface area contributed by atoms with Crippen molar-refractivity contribution in [3.63, 3.8) is 0 Å². The average molecular weight is 367 g/mol. The first kappa shape index (κ1) is 13.9. The van der Waals surface area contributed by atoms with Crippen molar-refractivity contribution in [2.75, 3.05) is 12.4 Å². The fourth-order valence-electron chi connectivity index (χ4n) is 1.75. The van der Waals surface area contributed by atoms with Crippen LogP contribution in [-0.4, -0.2) is 13.0 Å². The Morgan fingerprint density at radius 1 is 1.21 bits per heavy atom. The van der Waals surface area contributed by atoms with E-state index in [1.165, 1.54) is 0 Å². The molecular weight excluding hydrogens is 353 g/mol. The summed E-state index contributed by atoms with van der Waals surface area (Å²) in [5.74, 6) is 0.408. The highest BCUT2D eigenvalue weighted by molar-refractivity contribution is 14.1. The van der Waals surface area contributed by atoms with Crippen LogP contribution in [0.4, 0.5) is 5.69 Å². The van der Waals surface area contributed by atoms with Crippen molar-refractivity contribution in [2.45, 2.75) is 6.92 Å². The van der Waals surface area contributed by atoms with Crippen LogP contribution in [0.15, 0.2) is 42.5 Å².